The summed E-state index contributed by atoms with van der Waals surface area (Å²) in [6, 6.07) is 44.1. The molecule has 6 aromatic carbocycles. The molecule has 1 aliphatic heterocycles. The molecule has 0 saturated heterocycles. The first-order chi connectivity index (χ1) is 27.7. The van der Waals surface area contributed by atoms with Gasteiger partial charge in [-0.3, -0.25) is 4.57 Å². The predicted molar refractivity (Wildman–Crippen MR) is 232 cm³/mol. The van der Waals surface area contributed by atoms with Gasteiger partial charge in [-0.1, -0.05) is 70.2 Å². The van der Waals surface area contributed by atoms with Crippen LogP contribution in [0.1, 0.15) is 56.2 Å². The Bertz CT molecular complexity index is 2860. The summed E-state index contributed by atoms with van der Waals surface area (Å²) in [5, 5.41) is 2.25. The normalized spacial score (nSPS) is 12.5. The zero-order chi connectivity index (χ0) is 39.4. The summed E-state index contributed by atoms with van der Waals surface area (Å²) < 4.78 is 23.3. The van der Waals surface area contributed by atoms with E-state index in [1.54, 1.807) is 18.2 Å². The van der Waals surface area contributed by atoms with Crippen LogP contribution in [0, 0.1) is 19.3 Å². The predicted octanol–water partition coefficient (Wildman–Crippen LogP) is 14.1. The van der Waals surface area contributed by atoms with Crippen LogP contribution < -0.4 is 14.5 Å². The number of hydrogen-bond donors (Lipinski definition) is 0. The molecule has 0 saturated carbocycles. The molecule has 0 N–H and O–H groups in total. The first kappa shape index (κ1) is 35.8. The van der Waals surface area contributed by atoms with Crippen LogP contribution in [0.5, 0.6) is 11.5 Å². The number of hydrogen-bond acceptors (Lipinski definition) is 4. The number of nitrogens with zero attached hydrogens (tertiary/aromatic N) is 5. The van der Waals surface area contributed by atoms with E-state index in [0.29, 0.717) is 23.9 Å². The third-order valence-corrected chi connectivity index (χ3v) is 10.9. The topological polar surface area (TPSA) is 37.9 Å². The van der Waals surface area contributed by atoms with Gasteiger partial charge in [0.05, 0.1) is 29.0 Å². The second-order valence-corrected chi connectivity index (χ2v) is 15.4. The van der Waals surface area contributed by atoms with Crippen molar-refractivity contribution in [2.45, 2.75) is 46.5 Å². The Hall–Kier alpha value is -6.91. The van der Waals surface area contributed by atoms with E-state index in [1.165, 1.54) is 22.9 Å². The molecule has 0 amide bonds. The van der Waals surface area contributed by atoms with Gasteiger partial charge in [-0.05, 0) is 125 Å². The maximum atomic E-state index is 14.4. The molecule has 0 bridgehead atoms. The second kappa shape index (κ2) is 14.3. The highest BCUT2D eigenvalue weighted by Crippen LogP contribution is 2.50. The van der Waals surface area contributed by atoms with Crippen LogP contribution in [0.4, 0.5) is 32.8 Å². The first-order valence-corrected chi connectivity index (χ1v) is 19.4. The molecule has 1 aliphatic rings. The van der Waals surface area contributed by atoms with E-state index in [0.717, 1.165) is 61.4 Å². The molecule has 280 valence electrons. The van der Waals surface area contributed by atoms with E-state index in [-0.39, 0.29) is 17.7 Å². The van der Waals surface area contributed by atoms with E-state index >= 15 is 0 Å². The third-order valence-electron chi connectivity index (χ3n) is 10.9. The molecule has 0 aliphatic carbocycles. The molecule has 2 aromatic heterocycles. The molecule has 0 atom stereocenters. The molecule has 0 fully saturated rings. The summed E-state index contributed by atoms with van der Waals surface area (Å²) in [6.07, 6.45) is 1.84. The Kier molecular flexibility index (Phi) is 8.98. The maximum absolute atomic E-state index is 14.4. The van der Waals surface area contributed by atoms with Crippen LogP contribution in [0.25, 0.3) is 43.6 Å². The fraction of sp³-hybridized carbons (Fsp3) is 0.160. The van der Waals surface area contributed by atoms with Crippen molar-refractivity contribution in [2.75, 3.05) is 16.5 Å². The molecule has 0 unspecified atom stereocenters. The highest BCUT2D eigenvalue weighted by atomic mass is 19.1. The summed E-state index contributed by atoms with van der Waals surface area (Å²) in [4.78, 5) is 13.3. The Morgan fingerprint density at radius 3 is 2.11 bits per heavy atom. The number of ether oxygens (including phenoxy) is 1. The SMILES string of the molecule is [C-]#[N+]c1cc(Oc2ccc3c4ccccc4n(-c4cc(C)ccn4)c3c2)cc(N2CN(c3c(C(C)C)cc(-c4cccc(F)c4)cc3C(C)C)c3ccccc32)c1. The van der Waals surface area contributed by atoms with Crippen molar-refractivity contribution in [1.29, 1.82) is 0 Å². The summed E-state index contributed by atoms with van der Waals surface area (Å²) in [5.74, 6) is 2.25. The maximum Gasteiger partial charge on any atom is 0.192 e. The van der Waals surface area contributed by atoms with E-state index in [9.17, 15) is 4.39 Å². The monoisotopic (exact) mass is 747 g/mol. The molecular weight excluding hydrogens is 706 g/mol. The van der Waals surface area contributed by atoms with Crippen molar-refractivity contribution < 1.29 is 9.13 Å². The minimum Gasteiger partial charge on any atom is -0.459 e. The molecule has 57 heavy (non-hydrogen) atoms. The third kappa shape index (κ3) is 6.43. The number of fused-ring (bicyclic) bond motifs is 4. The van der Waals surface area contributed by atoms with E-state index in [2.05, 4.69) is 133 Å². The van der Waals surface area contributed by atoms with Crippen LogP contribution >= 0.6 is 0 Å². The van der Waals surface area contributed by atoms with Crippen molar-refractivity contribution in [3.63, 3.8) is 0 Å². The van der Waals surface area contributed by atoms with Crippen molar-refractivity contribution in [2.24, 2.45) is 0 Å². The van der Waals surface area contributed by atoms with Gasteiger partial charge in [-0.15, -0.1) is 0 Å². The van der Waals surface area contributed by atoms with Crippen LogP contribution in [0.2, 0.25) is 0 Å². The largest absolute Gasteiger partial charge is 0.459 e. The lowest BCUT2D eigenvalue weighted by atomic mass is 9.87. The van der Waals surface area contributed by atoms with Crippen LogP contribution in [-0.2, 0) is 0 Å². The summed E-state index contributed by atoms with van der Waals surface area (Å²) in [7, 11) is 0. The summed E-state index contributed by atoms with van der Waals surface area (Å²) >= 11 is 0. The van der Waals surface area contributed by atoms with Crippen LogP contribution in [-0.4, -0.2) is 16.2 Å². The van der Waals surface area contributed by atoms with E-state index < -0.39 is 0 Å². The van der Waals surface area contributed by atoms with E-state index in [1.807, 2.05) is 36.5 Å². The van der Waals surface area contributed by atoms with Gasteiger partial charge in [0.25, 0.3) is 0 Å². The quantitative estimate of drug-likeness (QED) is 0.145. The standard InChI is InChI=1S/C50H42FN5O/c1-31(2)43-24-35(34-12-11-13-36(51)23-34)25-44(32(3)4)50(43)55-30-54(46-16-9-10-17-47(46)55)38-26-37(52-6)27-40(28-38)57-39-18-19-42-41-14-7-8-15-45(41)56(48(42)29-39)49-22-33(5)20-21-53-49/h7-29,31-32H,30H2,1-5H3. The molecular formula is C50H42FN5O. The zero-order valence-corrected chi connectivity index (χ0v) is 32.7. The zero-order valence-electron chi connectivity index (χ0n) is 32.7. The fourth-order valence-corrected chi connectivity index (χ4v) is 8.22. The average Bonchev–Trinajstić information content (AvgIpc) is 3.76. The van der Waals surface area contributed by atoms with Gasteiger partial charge < -0.3 is 14.5 Å². The van der Waals surface area contributed by atoms with Gasteiger partial charge >= 0.3 is 0 Å². The number of pyridine rings is 1. The summed E-state index contributed by atoms with van der Waals surface area (Å²) in [6.45, 7) is 19.6. The number of aromatic nitrogens is 2. The lowest BCUT2D eigenvalue weighted by molar-refractivity contribution is 0.483. The Morgan fingerprint density at radius 2 is 1.39 bits per heavy atom. The molecule has 3 heterocycles. The van der Waals surface area contributed by atoms with Crippen LogP contribution in [0.15, 0.2) is 140 Å². The number of benzene rings is 6. The van der Waals surface area contributed by atoms with Crippen molar-refractivity contribution >= 4 is 50.2 Å². The lowest BCUT2D eigenvalue weighted by Crippen LogP contribution is -2.26. The highest BCUT2D eigenvalue weighted by Gasteiger charge is 2.32. The second-order valence-electron chi connectivity index (χ2n) is 15.4. The molecule has 8 aromatic rings. The molecule has 9 rings (SSSR count). The number of para-hydroxylation sites is 3. The highest BCUT2D eigenvalue weighted by molar-refractivity contribution is 6.09. The molecule has 7 heteroatoms. The van der Waals surface area contributed by atoms with Crippen molar-refractivity contribution in [3.05, 3.63) is 174 Å². The molecule has 6 nitrogen and oxygen atoms in total. The Balaban J connectivity index is 1.12. The van der Waals surface area contributed by atoms with Crippen molar-refractivity contribution in [1.82, 2.24) is 9.55 Å². The van der Waals surface area contributed by atoms with Crippen molar-refractivity contribution in [3.8, 4) is 28.4 Å². The van der Waals surface area contributed by atoms with Gasteiger partial charge in [0.2, 0.25) is 0 Å². The van der Waals surface area contributed by atoms with Gasteiger partial charge in [-0.2, -0.15) is 0 Å². The minimum absolute atomic E-state index is 0.204. The number of halogens is 1. The molecule has 0 radical (unpaired) electrons. The number of rotatable bonds is 8. The van der Waals surface area contributed by atoms with Gasteiger partial charge in [0.1, 0.15) is 29.8 Å². The first-order valence-electron chi connectivity index (χ1n) is 19.4. The number of anilines is 4. The summed E-state index contributed by atoms with van der Waals surface area (Å²) in [5.41, 5.74) is 12.1. The fourth-order valence-electron chi connectivity index (χ4n) is 8.22. The average molecular weight is 748 g/mol. The number of aryl methyl sites for hydroxylation is 1. The van der Waals surface area contributed by atoms with E-state index in [4.69, 9.17) is 16.3 Å². The Morgan fingerprint density at radius 1 is 0.667 bits per heavy atom. The molecule has 0 spiro atoms. The smallest absolute Gasteiger partial charge is 0.192 e. The lowest BCUT2D eigenvalue weighted by Gasteiger charge is -2.30. The van der Waals surface area contributed by atoms with Gasteiger partial charge in [-0.25, -0.2) is 14.2 Å². The van der Waals surface area contributed by atoms with Gasteiger partial charge in [0, 0.05) is 40.5 Å². The van der Waals surface area contributed by atoms with Gasteiger partial charge in [0.15, 0.2) is 5.69 Å². The van der Waals surface area contributed by atoms with Crippen LogP contribution in [0.3, 0.4) is 0 Å². The Labute approximate surface area is 332 Å². The minimum atomic E-state index is -0.244.